The number of carbonyl (C=O) groups excluding carboxylic acids is 1. The zero-order valence-corrected chi connectivity index (χ0v) is 12.1. The van der Waals surface area contributed by atoms with E-state index in [1.54, 1.807) is 6.92 Å². The van der Waals surface area contributed by atoms with Gasteiger partial charge in [-0.3, -0.25) is 14.9 Å². The van der Waals surface area contributed by atoms with Crippen molar-refractivity contribution in [2.24, 2.45) is 0 Å². The molecule has 1 atom stereocenters. The Kier molecular flexibility index (Phi) is 5.48. The molecule has 0 bridgehead atoms. The monoisotopic (exact) mass is 315 g/mol. The third-order valence-electron chi connectivity index (χ3n) is 2.62. The Bertz CT molecular complexity index is 591. The third kappa shape index (κ3) is 4.06. The molecule has 0 fully saturated rings. The number of hydrogen-bond donors (Lipinski definition) is 3. The number of anilines is 1. The van der Waals surface area contributed by atoms with Crippen LogP contribution < -0.4 is 10.6 Å². The number of amides is 1. The molecule has 21 heavy (non-hydrogen) atoms. The van der Waals surface area contributed by atoms with Gasteiger partial charge in [0, 0.05) is 18.7 Å². The number of nitrogens with one attached hydrogen (secondary N) is 2. The molecule has 0 radical (unpaired) electrons. The van der Waals surface area contributed by atoms with E-state index in [4.69, 9.17) is 16.7 Å². The van der Waals surface area contributed by atoms with Crippen LogP contribution in [0.15, 0.2) is 12.1 Å². The summed E-state index contributed by atoms with van der Waals surface area (Å²) in [5, 5.41) is 24.9. The van der Waals surface area contributed by atoms with Crippen molar-refractivity contribution in [3.8, 4) is 0 Å². The molecule has 1 unspecified atom stereocenters. The molecule has 0 aliphatic heterocycles. The first-order chi connectivity index (χ1) is 9.77. The molecule has 0 aliphatic carbocycles. The van der Waals surface area contributed by atoms with Crippen LogP contribution in [0.4, 0.5) is 11.4 Å². The second kappa shape index (κ2) is 6.89. The normalized spacial score (nSPS) is 11.6. The first-order valence-corrected chi connectivity index (χ1v) is 6.41. The van der Waals surface area contributed by atoms with Gasteiger partial charge in [-0.2, -0.15) is 0 Å². The minimum Gasteiger partial charge on any atom is -0.478 e. The number of halogens is 1. The van der Waals surface area contributed by atoms with Gasteiger partial charge in [0.1, 0.15) is 6.04 Å². The maximum atomic E-state index is 11.6. The SMILES string of the molecule is CCNC(=O)C(C)Nc1c(Cl)cc([N+](=O)[O-])cc1C(=O)O. The number of carbonyl (C=O) groups is 2. The summed E-state index contributed by atoms with van der Waals surface area (Å²) in [5.74, 6) is -1.73. The van der Waals surface area contributed by atoms with Crippen molar-refractivity contribution in [1.29, 1.82) is 0 Å². The van der Waals surface area contributed by atoms with Gasteiger partial charge in [0.2, 0.25) is 5.91 Å². The van der Waals surface area contributed by atoms with Gasteiger partial charge in [-0.15, -0.1) is 0 Å². The molecular formula is C12H14ClN3O5. The van der Waals surface area contributed by atoms with Gasteiger partial charge in [0.25, 0.3) is 5.69 Å². The van der Waals surface area contributed by atoms with Crippen molar-refractivity contribution in [2.45, 2.75) is 19.9 Å². The lowest BCUT2D eigenvalue weighted by atomic mass is 10.1. The number of nitrogens with zero attached hydrogens (tertiary/aromatic N) is 1. The Morgan fingerprint density at radius 1 is 1.48 bits per heavy atom. The van der Waals surface area contributed by atoms with E-state index in [0.29, 0.717) is 6.54 Å². The highest BCUT2D eigenvalue weighted by Gasteiger charge is 2.22. The Balaban J connectivity index is 3.20. The highest BCUT2D eigenvalue weighted by molar-refractivity contribution is 6.34. The molecule has 114 valence electrons. The van der Waals surface area contributed by atoms with Gasteiger partial charge in [-0.25, -0.2) is 4.79 Å². The molecule has 3 N–H and O–H groups in total. The average Bonchev–Trinajstić information content (AvgIpc) is 2.40. The molecule has 0 saturated carbocycles. The number of rotatable bonds is 6. The van der Waals surface area contributed by atoms with Crippen LogP contribution in [0.3, 0.4) is 0 Å². The quantitative estimate of drug-likeness (QED) is 0.544. The van der Waals surface area contributed by atoms with Crippen LogP contribution in [0.25, 0.3) is 0 Å². The van der Waals surface area contributed by atoms with Gasteiger partial charge in [0.15, 0.2) is 0 Å². The highest BCUT2D eigenvalue weighted by atomic mass is 35.5. The van der Waals surface area contributed by atoms with Crippen molar-refractivity contribution in [3.63, 3.8) is 0 Å². The lowest BCUT2D eigenvalue weighted by Gasteiger charge is -2.17. The van der Waals surface area contributed by atoms with Crippen LogP contribution in [0.5, 0.6) is 0 Å². The fraction of sp³-hybridized carbons (Fsp3) is 0.333. The average molecular weight is 316 g/mol. The zero-order valence-electron chi connectivity index (χ0n) is 11.3. The second-order valence-corrected chi connectivity index (χ2v) is 4.58. The van der Waals surface area contributed by atoms with Crippen LogP contribution in [0.1, 0.15) is 24.2 Å². The van der Waals surface area contributed by atoms with Gasteiger partial charge in [-0.1, -0.05) is 11.6 Å². The summed E-state index contributed by atoms with van der Waals surface area (Å²) in [5.41, 5.74) is -0.840. The number of likely N-dealkylation sites (N-methyl/N-ethyl adjacent to an activating group) is 1. The molecule has 1 amide bonds. The molecule has 0 spiro atoms. The number of nitro benzene ring substituents is 1. The summed E-state index contributed by atoms with van der Waals surface area (Å²) in [7, 11) is 0. The van der Waals surface area contributed by atoms with E-state index in [2.05, 4.69) is 10.6 Å². The number of carboxylic acid groups (broad SMARTS) is 1. The molecule has 0 aliphatic rings. The van der Waals surface area contributed by atoms with Gasteiger partial charge >= 0.3 is 5.97 Å². The molecule has 0 heterocycles. The Hall–Kier alpha value is -2.35. The number of aromatic carboxylic acids is 1. The molecule has 1 aromatic carbocycles. The molecule has 8 nitrogen and oxygen atoms in total. The van der Waals surface area contributed by atoms with E-state index in [1.807, 2.05) is 0 Å². The van der Waals surface area contributed by atoms with Gasteiger partial charge in [0.05, 0.1) is 21.2 Å². The maximum Gasteiger partial charge on any atom is 0.338 e. The summed E-state index contributed by atoms with van der Waals surface area (Å²) in [4.78, 5) is 32.8. The van der Waals surface area contributed by atoms with Crippen LogP contribution >= 0.6 is 11.6 Å². The minimum absolute atomic E-state index is 0.0338. The molecule has 0 saturated heterocycles. The molecule has 0 aromatic heterocycles. The third-order valence-corrected chi connectivity index (χ3v) is 2.92. The Labute approximate surface area is 125 Å². The fourth-order valence-electron chi connectivity index (χ4n) is 1.62. The first-order valence-electron chi connectivity index (χ1n) is 6.03. The van der Waals surface area contributed by atoms with Crippen LogP contribution in [0.2, 0.25) is 5.02 Å². The van der Waals surface area contributed by atoms with Crippen molar-refractivity contribution in [1.82, 2.24) is 5.32 Å². The lowest BCUT2D eigenvalue weighted by Crippen LogP contribution is -2.37. The van der Waals surface area contributed by atoms with E-state index in [9.17, 15) is 19.7 Å². The molecule has 1 aromatic rings. The van der Waals surface area contributed by atoms with Crippen LogP contribution in [-0.4, -0.2) is 34.5 Å². The lowest BCUT2D eigenvalue weighted by molar-refractivity contribution is -0.384. The number of benzene rings is 1. The summed E-state index contributed by atoms with van der Waals surface area (Å²) in [6.45, 7) is 3.69. The summed E-state index contributed by atoms with van der Waals surface area (Å²) < 4.78 is 0. The van der Waals surface area contributed by atoms with Gasteiger partial charge < -0.3 is 15.7 Å². The highest BCUT2D eigenvalue weighted by Crippen LogP contribution is 2.31. The van der Waals surface area contributed by atoms with Crippen LogP contribution in [-0.2, 0) is 4.79 Å². The number of non-ortho nitro benzene ring substituents is 1. The minimum atomic E-state index is -1.38. The van der Waals surface area contributed by atoms with Gasteiger partial charge in [-0.05, 0) is 13.8 Å². The zero-order chi connectivity index (χ0) is 16.2. The van der Waals surface area contributed by atoms with E-state index >= 15 is 0 Å². The number of hydrogen-bond acceptors (Lipinski definition) is 5. The van der Waals surface area contributed by atoms with E-state index in [1.165, 1.54) is 6.92 Å². The van der Waals surface area contributed by atoms with E-state index in [-0.39, 0.29) is 22.2 Å². The van der Waals surface area contributed by atoms with Crippen molar-refractivity contribution in [3.05, 3.63) is 32.8 Å². The Morgan fingerprint density at radius 3 is 2.57 bits per heavy atom. The second-order valence-electron chi connectivity index (χ2n) is 4.17. The summed E-state index contributed by atoms with van der Waals surface area (Å²) in [6, 6.07) is 1.17. The summed E-state index contributed by atoms with van der Waals surface area (Å²) in [6.07, 6.45) is 0. The largest absolute Gasteiger partial charge is 0.478 e. The van der Waals surface area contributed by atoms with Crippen molar-refractivity contribution < 1.29 is 19.6 Å². The topological polar surface area (TPSA) is 122 Å². The number of nitro groups is 1. The van der Waals surface area contributed by atoms with Crippen molar-refractivity contribution in [2.75, 3.05) is 11.9 Å². The Morgan fingerprint density at radius 2 is 2.10 bits per heavy atom. The summed E-state index contributed by atoms with van der Waals surface area (Å²) >= 11 is 5.89. The molecular weight excluding hydrogens is 302 g/mol. The van der Waals surface area contributed by atoms with Crippen LogP contribution in [0, 0.1) is 10.1 Å². The molecule has 1 rings (SSSR count). The fourth-order valence-corrected chi connectivity index (χ4v) is 1.89. The predicted octanol–water partition coefficient (Wildman–Crippen LogP) is 1.88. The smallest absolute Gasteiger partial charge is 0.338 e. The maximum absolute atomic E-state index is 11.6. The first kappa shape index (κ1) is 16.7. The molecule has 9 heteroatoms. The predicted molar refractivity (Wildman–Crippen MR) is 76.8 cm³/mol. The number of carboxylic acids is 1. The van der Waals surface area contributed by atoms with Crippen molar-refractivity contribution >= 4 is 34.9 Å². The standard InChI is InChI=1S/C12H14ClN3O5/c1-3-14-11(17)6(2)15-10-8(12(18)19)4-7(16(20)21)5-9(10)13/h4-6,15H,3H2,1-2H3,(H,14,17)(H,18,19). The van der Waals surface area contributed by atoms with E-state index in [0.717, 1.165) is 12.1 Å². The van der Waals surface area contributed by atoms with E-state index < -0.39 is 22.6 Å².